The fourth-order valence-electron chi connectivity index (χ4n) is 2.43. The first-order valence-corrected chi connectivity index (χ1v) is 6.51. The molecule has 0 aromatic carbocycles. The second kappa shape index (κ2) is 6.39. The Morgan fingerprint density at radius 1 is 1.39 bits per heavy atom. The summed E-state index contributed by atoms with van der Waals surface area (Å²) in [6, 6.07) is 2.18. The maximum atomic E-state index is 12.5. The molecule has 0 atom stereocenters. The third kappa shape index (κ3) is 3.00. The summed E-state index contributed by atoms with van der Waals surface area (Å²) in [4.78, 5) is 25.4. The fourth-order valence-corrected chi connectivity index (χ4v) is 2.43. The molecule has 1 rings (SSSR count). The monoisotopic (exact) mass is 251 g/mol. The van der Waals surface area contributed by atoms with E-state index in [2.05, 4.69) is 11.4 Å². The second-order valence-corrected chi connectivity index (χ2v) is 4.80. The van der Waals surface area contributed by atoms with Crippen molar-refractivity contribution in [1.82, 2.24) is 10.2 Å². The number of amides is 2. The first kappa shape index (κ1) is 14.5. The van der Waals surface area contributed by atoms with Crippen molar-refractivity contribution < 1.29 is 9.59 Å². The van der Waals surface area contributed by atoms with E-state index in [4.69, 9.17) is 0 Å². The van der Waals surface area contributed by atoms with E-state index in [1.165, 1.54) is 4.90 Å². The normalized spacial score (nSPS) is 16.9. The van der Waals surface area contributed by atoms with Crippen molar-refractivity contribution >= 4 is 11.8 Å². The molecule has 0 spiro atoms. The summed E-state index contributed by atoms with van der Waals surface area (Å²) >= 11 is 0. The molecule has 0 bridgehead atoms. The van der Waals surface area contributed by atoms with Crippen LogP contribution < -0.4 is 5.32 Å². The van der Waals surface area contributed by atoms with Gasteiger partial charge < -0.3 is 10.2 Å². The van der Waals surface area contributed by atoms with Crippen LogP contribution in [-0.2, 0) is 9.59 Å². The first-order valence-electron chi connectivity index (χ1n) is 6.51. The maximum absolute atomic E-state index is 12.5. The molecule has 5 heteroatoms. The first-order chi connectivity index (χ1) is 8.59. The van der Waals surface area contributed by atoms with Crippen LogP contribution in [-0.4, -0.2) is 36.9 Å². The molecular weight excluding hydrogens is 230 g/mol. The number of nitrogens with one attached hydrogen (secondary N) is 1. The van der Waals surface area contributed by atoms with Gasteiger partial charge in [0.05, 0.1) is 12.6 Å². The molecule has 0 aliphatic heterocycles. The standard InChI is InChI=1S/C13H21N3O2/c1-3-8-16(9-11(17)15-2)12(18)13(10-14)6-4-5-7-13/h3-9H2,1-2H3,(H,15,17). The van der Waals surface area contributed by atoms with Gasteiger partial charge in [-0.2, -0.15) is 5.26 Å². The topological polar surface area (TPSA) is 73.2 Å². The van der Waals surface area contributed by atoms with Gasteiger partial charge in [0.25, 0.3) is 0 Å². The average molecular weight is 251 g/mol. The maximum Gasteiger partial charge on any atom is 0.243 e. The summed E-state index contributed by atoms with van der Waals surface area (Å²) in [5, 5.41) is 11.8. The summed E-state index contributed by atoms with van der Waals surface area (Å²) in [5.41, 5.74) is -0.886. The Kier molecular flexibility index (Phi) is 5.14. The van der Waals surface area contributed by atoms with Crippen molar-refractivity contribution in [3.8, 4) is 6.07 Å². The van der Waals surface area contributed by atoms with Gasteiger partial charge in [0.15, 0.2) is 0 Å². The number of hydrogen-bond acceptors (Lipinski definition) is 3. The lowest BCUT2D eigenvalue weighted by atomic mass is 9.86. The van der Waals surface area contributed by atoms with Crippen LogP contribution in [0.15, 0.2) is 0 Å². The lowest BCUT2D eigenvalue weighted by molar-refractivity contribution is -0.142. The van der Waals surface area contributed by atoms with Gasteiger partial charge in [-0.25, -0.2) is 0 Å². The van der Waals surface area contributed by atoms with Crippen LogP contribution in [0.3, 0.4) is 0 Å². The predicted molar refractivity (Wildman–Crippen MR) is 67.5 cm³/mol. The zero-order valence-electron chi connectivity index (χ0n) is 11.2. The van der Waals surface area contributed by atoms with Crippen LogP contribution in [0.25, 0.3) is 0 Å². The largest absolute Gasteiger partial charge is 0.358 e. The molecule has 100 valence electrons. The highest BCUT2D eigenvalue weighted by Crippen LogP contribution is 2.39. The SMILES string of the molecule is CCCN(CC(=O)NC)C(=O)C1(C#N)CCCC1. The van der Waals surface area contributed by atoms with Gasteiger partial charge in [-0.1, -0.05) is 19.8 Å². The molecular formula is C13H21N3O2. The Labute approximate surface area is 108 Å². The van der Waals surface area contributed by atoms with Crippen molar-refractivity contribution in [3.05, 3.63) is 0 Å². The van der Waals surface area contributed by atoms with Gasteiger partial charge in [-0.15, -0.1) is 0 Å². The molecule has 0 heterocycles. The molecule has 0 unspecified atom stereocenters. The lowest BCUT2D eigenvalue weighted by Gasteiger charge is -2.29. The van der Waals surface area contributed by atoms with E-state index in [0.29, 0.717) is 19.4 Å². The molecule has 1 fully saturated rings. The molecule has 1 N–H and O–H groups in total. The Morgan fingerprint density at radius 3 is 2.44 bits per heavy atom. The fraction of sp³-hybridized carbons (Fsp3) is 0.769. The van der Waals surface area contributed by atoms with E-state index < -0.39 is 5.41 Å². The van der Waals surface area contributed by atoms with E-state index in [-0.39, 0.29) is 18.4 Å². The number of nitrogens with zero attached hydrogens (tertiary/aromatic N) is 2. The summed E-state index contributed by atoms with van der Waals surface area (Å²) in [6.07, 6.45) is 3.86. The molecule has 0 aromatic heterocycles. The minimum absolute atomic E-state index is 0.0482. The number of rotatable bonds is 5. The average Bonchev–Trinajstić information content (AvgIpc) is 2.87. The highest BCUT2D eigenvalue weighted by atomic mass is 16.2. The summed E-state index contributed by atoms with van der Waals surface area (Å²) in [6.45, 7) is 2.53. The number of nitriles is 1. The molecule has 0 radical (unpaired) electrons. The van der Waals surface area contributed by atoms with E-state index in [9.17, 15) is 14.9 Å². The van der Waals surface area contributed by atoms with Gasteiger partial charge >= 0.3 is 0 Å². The molecule has 2 amide bonds. The van der Waals surface area contributed by atoms with Crippen LogP contribution in [0.4, 0.5) is 0 Å². The summed E-state index contributed by atoms with van der Waals surface area (Å²) in [5.74, 6) is -0.365. The minimum atomic E-state index is -0.886. The van der Waals surface area contributed by atoms with Crippen LogP contribution in [0, 0.1) is 16.7 Å². The van der Waals surface area contributed by atoms with Crippen molar-refractivity contribution in [2.75, 3.05) is 20.1 Å². The molecule has 0 aromatic rings. The Balaban J connectivity index is 2.81. The van der Waals surface area contributed by atoms with Crippen molar-refractivity contribution in [1.29, 1.82) is 5.26 Å². The van der Waals surface area contributed by atoms with Gasteiger partial charge in [0.2, 0.25) is 11.8 Å². The smallest absolute Gasteiger partial charge is 0.243 e. The quantitative estimate of drug-likeness (QED) is 0.794. The predicted octanol–water partition coefficient (Wildman–Crippen LogP) is 1.05. The highest BCUT2D eigenvalue weighted by Gasteiger charge is 2.44. The van der Waals surface area contributed by atoms with Gasteiger partial charge in [-0.05, 0) is 19.3 Å². The third-order valence-corrected chi connectivity index (χ3v) is 3.47. The number of hydrogen-bond donors (Lipinski definition) is 1. The van der Waals surface area contributed by atoms with Gasteiger partial charge in [0.1, 0.15) is 5.41 Å². The van der Waals surface area contributed by atoms with E-state index in [1.54, 1.807) is 7.05 Å². The Hall–Kier alpha value is -1.57. The van der Waals surface area contributed by atoms with Crippen LogP contribution in [0.5, 0.6) is 0 Å². The molecule has 18 heavy (non-hydrogen) atoms. The van der Waals surface area contributed by atoms with E-state index >= 15 is 0 Å². The summed E-state index contributed by atoms with van der Waals surface area (Å²) < 4.78 is 0. The highest BCUT2D eigenvalue weighted by molar-refractivity contribution is 5.89. The van der Waals surface area contributed by atoms with Crippen molar-refractivity contribution in [2.24, 2.45) is 5.41 Å². The minimum Gasteiger partial charge on any atom is -0.358 e. The molecule has 0 saturated heterocycles. The van der Waals surface area contributed by atoms with E-state index in [1.807, 2.05) is 6.92 Å². The van der Waals surface area contributed by atoms with Gasteiger partial charge in [-0.3, -0.25) is 9.59 Å². The zero-order chi connectivity index (χ0) is 13.6. The van der Waals surface area contributed by atoms with E-state index in [0.717, 1.165) is 19.3 Å². The van der Waals surface area contributed by atoms with Crippen molar-refractivity contribution in [3.63, 3.8) is 0 Å². The third-order valence-electron chi connectivity index (χ3n) is 3.47. The zero-order valence-corrected chi connectivity index (χ0v) is 11.2. The second-order valence-electron chi connectivity index (χ2n) is 4.80. The number of likely N-dealkylation sites (N-methyl/N-ethyl adjacent to an activating group) is 1. The van der Waals surface area contributed by atoms with Crippen LogP contribution in [0.1, 0.15) is 39.0 Å². The van der Waals surface area contributed by atoms with Crippen LogP contribution >= 0.6 is 0 Å². The number of carbonyl (C=O) groups is 2. The molecule has 1 aliphatic carbocycles. The molecule has 1 aliphatic rings. The Bertz CT molecular complexity index is 354. The molecule has 1 saturated carbocycles. The van der Waals surface area contributed by atoms with Gasteiger partial charge in [0, 0.05) is 13.6 Å². The lowest BCUT2D eigenvalue weighted by Crippen LogP contribution is -2.46. The van der Waals surface area contributed by atoms with Crippen LogP contribution in [0.2, 0.25) is 0 Å². The summed E-state index contributed by atoms with van der Waals surface area (Å²) in [7, 11) is 1.55. The number of carbonyl (C=O) groups excluding carboxylic acids is 2. The Morgan fingerprint density at radius 2 is 2.00 bits per heavy atom. The van der Waals surface area contributed by atoms with Crippen molar-refractivity contribution in [2.45, 2.75) is 39.0 Å². The molecule has 5 nitrogen and oxygen atoms in total.